The molecular weight excluding hydrogens is 526 g/mol. The lowest BCUT2D eigenvalue weighted by Gasteiger charge is -2.41. The van der Waals surface area contributed by atoms with Gasteiger partial charge in [0.2, 0.25) is 11.8 Å². The van der Waals surface area contributed by atoms with Crippen molar-refractivity contribution in [2.24, 2.45) is 5.92 Å². The van der Waals surface area contributed by atoms with Gasteiger partial charge in [-0.25, -0.2) is 18.1 Å². The minimum Gasteiger partial charge on any atom is -0.475 e. The molecule has 1 saturated heterocycles. The van der Waals surface area contributed by atoms with Crippen LogP contribution in [0.1, 0.15) is 54.6 Å². The Morgan fingerprint density at radius 3 is 2.42 bits per heavy atom. The number of ether oxygens (including phenoxy) is 1. The zero-order valence-electron chi connectivity index (χ0n) is 23.5. The lowest BCUT2D eigenvalue weighted by molar-refractivity contribution is 0.0386. The Morgan fingerprint density at radius 1 is 1.02 bits per heavy atom. The molecule has 5 rings (SSSR count). The number of sulfonamides is 1. The predicted octanol–water partition coefficient (Wildman–Crippen LogP) is 4.56. The van der Waals surface area contributed by atoms with Gasteiger partial charge in [0.25, 0.3) is 15.9 Å². The molecule has 3 aromatic rings. The van der Waals surface area contributed by atoms with Crippen LogP contribution in [-0.4, -0.2) is 61.0 Å². The van der Waals surface area contributed by atoms with E-state index in [4.69, 9.17) is 4.74 Å². The summed E-state index contributed by atoms with van der Waals surface area (Å²) in [4.78, 5) is 25.1. The van der Waals surface area contributed by atoms with Gasteiger partial charge < -0.3 is 15.0 Å². The van der Waals surface area contributed by atoms with E-state index in [1.54, 1.807) is 18.2 Å². The molecular formula is C30H37N5O4S. The Labute approximate surface area is 236 Å². The highest BCUT2D eigenvalue weighted by atomic mass is 32.2. The quantitative estimate of drug-likeness (QED) is 0.478. The average molecular weight is 564 g/mol. The summed E-state index contributed by atoms with van der Waals surface area (Å²) in [5.41, 5.74) is 3.80. The van der Waals surface area contributed by atoms with Gasteiger partial charge in [-0.2, -0.15) is 4.98 Å². The zero-order chi connectivity index (χ0) is 28.4. The van der Waals surface area contributed by atoms with Crippen molar-refractivity contribution in [3.8, 4) is 17.1 Å². The first kappa shape index (κ1) is 28.0. The summed E-state index contributed by atoms with van der Waals surface area (Å²) in [5, 5.41) is 3.38. The van der Waals surface area contributed by atoms with Gasteiger partial charge in [0, 0.05) is 23.2 Å². The van der Waals surface area contributed by atoms with E-state index in [0.29, 0.717) is 17.2 Å². The second-order valence-corrected chi connectivity index (χ2v) is 12.8. The first-order chi connectivity index (χ1) is 19.1. The number of benzene rings is 2. The molecule has 9 nitrogen and oxygen atoms in total. The molecule has 1 fully saturated rings. The van der Waals surface area contributed by atoms with Crippen molar-refractivity contribution >= 4 is 21.9 Å². The predicted molar refractivity (Wildman–Crippen MR) is 155 cm³/mol. The van der Waals surface area contributed by atoms with E-state index in [2.05, 4.69) is 33.9 Å². The molecule has 2 aliphatic rings. The van der Waals surface area contributed by atoms with Gasteiger partial charge >= 0.3 is 0 Å². The Morgan fingerprint density at radius 2 is 1.73 bits per heavy atom. The van der Waals surface area contributed by atoms with E-state index < -0.39 is 10.0 Å². The van der Waals surface area contributed by atoms with Crippen LogP contribution in [0.15, 0.2) is 53.4 Å². The van der Waals surface area contributed by atoms with Gasteiger partial charge in [-0.3, -0.25) is 4.79 Å². The average Bonchev–Trinajstić information content (AvgIpc) is 2.91. The monoisotopic (exact) mass is 563 g/mol. The summed E-state index contributed by atoms with van der Waals surface area (Å²) in [6.45, 7) is 10.1. The molecule has 40 heavy (non-hydrogen) atoms. The normalized spacial score (nSPS) is 19.7. The molecule has 2 aliphatic heterocycles. The third kappa shape index (κ3) is 5.97. The summed E-state index contributed by atoms with van der Waals surface area (Å²) in [6.07, 6.45) is 2.36. The molecule has 0 aliphatic carbocycles. The maximum absolute atomic E-state index is 14.1. The Hall–Kier alpha value is -3.50. The van der Waals surface area contributed by atoms with Crippen molar-refractivity contribution in [2.75, 3.05) is 24.4 Å². The first-order valence-electron chi connectivity index (χ1n) is 13.9. The SMILES string of the molecule is Cc1cccc(C)c1-c1cc2nc(n1)NS(=O)(=O)c1cccc(c1)C(=O)N(C1CCNCC1)[C@H](CC(C)C)CO2. The van der Waals surface area contributed by atoms with Crippen LogP contribution in [0, 0.1) is 19.8 Å². The van der Waals surface area contributed by atoms with Crippen LogP contribution in [0.2, 0.25) is 0 Å². The molecule has 0 spiro atoms. The molecule has 1 amide bonds. The third-order valence-electron chi connectivity index (χ3n) is 7.55. The summed E-state index contributed by atoms with van der Waals surface area (Å²) in [6, 6.07) is 13.7. The van der Waals surface area contributed by atoms with E-state index in [9.17, 15) is 13.2 Å². The van der Waals surface area contributed by atoms with Crippen LogP contribution in [0.3, 0.4) is 0 Å². The Balaban J connectivity index is 1.67. The van der Waals surface area contributed by atoms with Crippen LogP contribution in [0.5, 0.6) is 5.88 Å². The number of hydrogen-bond acceptors (Lipinski definition) is 7. The summed E-state index contributed by atoms with van der Waals surface area (Å²) >= 11 is 0. The highest BCUT2D eigenvalue weighted by molar-refractivity contribution is 7.92. The second kappa shape index (κ2) is 11.5. The van der Waals surface area contributed by atoms with Crippen molar-refractivity contribution < 1.29 is 17.9 Å². The number of fused-ring (bicyclic) bond motifs is 4. The third-order valence-corrected chi connectivity index (χ3v) is 8.88. The molecule has 1 aromatic heterocycles. The second-order valence-electron chi connectivity index (χ2n) is 11.1. The van der Waals surface area contributed by atoms with Crippen molar-refractivity contribution in [3.63, 3.8) is 0 Å². The molecule has 0 unspecified atom stereocenters. The summed E-state index contributed by atoms with van der Waals surface area (Å²) < 4.78 is 35.8. The van der Waals surface area contributed by atoms with Crippen molar-refractivity contribution in [2.45, 2.75) is 63.9 Å². The standard InChI is InChI=1S/C30H37N5O4S/c1-19(2)15-24-18-39-27-17-26(28-20(3)7-5-8-21(28)4)32-30(33-27)34-40(37,38)25-10-6-9-22(16-25)29(36)35(24)23-11-13-31-14-12-23/h5-10,16-17,19,23-24,31H,11-15,18H2,1-4H3,(H,32,33,34)/t24-/m1/s1. The maximum atomic E-state index is 14.1. The van der Waals surface area contributed by atoms with Gasteiger partial charge in [-0.05, 0) is 81.4 Å². The topological polar surface area (TPSA) is 114 Å². The van der Waals surface area contributed by atoms with E-state index >= 15 is 0 Å². The first-order valence-corrected chi connectivity index (χ1v) is 15.4. The maximum Gasteiger partial charge on any atom is 0.264 e. The number of rotatable bonds is 4. The number of piperidine rings is 1. The Kier molecular flexibility index (Phi) is 8.09. The number of hydrogen-bond donors (Lipinski definition) is 2. The lowest BCUT2D eigenvalue weighted by atomic mass is 9.96. The number of amides is 1. The molecule has 4 bridgehead atoms. The van der Waals surface area contributed by atoms with Crippen molar-refractivity contribution in [3.05, 3.63) is 65.2 Å². The van der Waals surface area contributed by atoms with Gasteiger partial charge in [0.15, 0.2) is 0 Å². The molecule has 0 saturated carbocycles. The smallest absolute Gasteiger partial charge is 0.264 e. The minimum atomic E-state index is -4.09. The molecule has 212 valence electrons. The summed E-state index contributed by atoms with van der Waals surface area (Å²) in [5.74, 6) is 0.289. The minimum absolute atomic E-state index is 0.00996. The fourth-order valence-electron chi connectivity index (χ4n) is 5.72. The molecule has 1 atom stereocenters. The van der Waals surface area contributed by atoms with Crippen molar-refractivity contribution in [1.82, 2.24) is 20.2 Å². The molecule has 10 heteroatoms. The van der Waals surface area contributed by atoms with Crippen LogP contribution < -0.4 is 14.8 Å². The number of carbonyl (C=O) groups is 1. The largest absolute Gasteiger partial charge is 0.475 e. The Bertz CT molecular complexity index is 1480. The molecule has 0 radical (unpaired) electrons. The number of anilines is 1. The molecule has 3 heterocycles. The molecule has 2 aromatic carbocycles. The summed E-state index contributed by atoms with van der Waals surface area (Å²) in [7, 11) is -4.09. The fraction of sp³-hybridized carbons (Fsp3) is 0.433. The number of carbonyl (C=O) groups excluding carboxylic acids is 1. The van der Waals surface area contributed by atoms with Crippen LogP contribution in [-0.2, 0) is 10.0 Å². The van der Waals surface area contributed by atoms with Gasteiger partial charge in [0.05, 0.1) is 16.6 Å². The van der Waals surface area contributed by atoms with Crippen molar-refractivity contribution in [1.29, 1.82) is 0 Å². The van der Waals surface area contributed by atoms with E-state index in [0.717, 1.165) is 49.0 Å². The van der Waals surface area contributed by atoms with Gasteiger partial charge in [-0.1, -0.05) is 38.1 Å². The number of aromatic nitrogens is 2. The number of nitrogens with one attached hydrogen (secondary N) is 2. The fourth-order valence-corrected chi connectivity index (χ4v) is 6.71. The van der Waals surface area contributed by atoms with E-state index in [1.807, 2.05) is 36.9 Å². The van der Waals surface area contributed by atoms with Crippen LogP contribution >= 0.6 is 0 Å². The van der Waals surface area contributed by atoms with Gasteiger partial charge in [-0.15, -0.1) is 0 Å². The number of aryl methyl sites for hydroxylation is 2. The zero-order valence-corrected chi connectivity index (χ0v) is 24.3. The van der Waals surface area contributed by atoms with E-state index in [1.165, 1.54) is 12.1 Å². The highest BCUT2D eigenvalue weighted by Crippen LogP contribution is 2.31. The lowest BCUT2D eigenvalue weighted by Crippen LogP contribution is -2.53. The highest BCUT2D eigenvalue weighted by Gasteiger charge is 2.34. The molecule has 2 N–H and O–H groups in total. The number of nitrogens with zero attached hydrogens (tertiary/aromatic N) is 3. The van der Waals surface area contributed by atoms with Crippen LogP contribution in [0.25, 0.3) is 11.3 Å². The van der Waals surface area contributed by atoms with E-state index in [-0.39, 0.29) is 41.3 Å². The van der Waals surface area contributed by atoms with Crippen LogP contribution in [0.4, 0.5) is 5.95 Å². The van der Waals surface area contributed by atoms with Gasteiger partial charge in [0.1, 0.15) is 6.61 Å².